The van der Waals surface area contributed by atoms with Crippen molar-refractivity contribution in [3.63, 3.8) is 0 Å². The molecule has 0 fully saturated rings. The SMILES string of the molecule is CNN(/N=N\N)c1ccccc1. The first-order chi connectivity index (χ1) is 5.88. The number of nitrogens with one attached hydrogen (secondary N) is 1. The standard InChI is InChI=1S/C7H11N5/c1-9-12(11-10-8)7-5-3-2-4-6-7/h2-6,9H,1H3,(H2,8,11). The van der Waals surface area contributed by atoms with Gasteiger partial charge in [0.15, 0.2) is 0 Å². The Kier molecular flexibility index (Phi) is 3.04. The van der Waals surface area contributed by atoms with E-state index in [9.17, 15) is 0 Å². The molecule has 3 N–H and O–H groups in total. The number of hydrogen-bond acceptors (Lipinski definition) is 3. The number of nitrogens with two attached hydrogens (primary N) is 1. The van der Waals surface area contributed by atoms with Gasteiger partial charge >= 0.3 is 0 Å². The Hall–Kier alpha value is -1.62. The minimum atomic E-state index is 0.884. The second-order valence-corrected chi connectivity index (χ2v) is 2.08. The first-order valence-electron chi connectivity index (χ1n) is 3.52. The van der Waals surface area contributed by atoms with Gasteiger partial charge in [0, 0.05) is 7.05 Å². The molecule has 0 aromatic heterocycles. The molecule has 1 rings (SSSR count). The first kappa shape index (κ1) is 8.48. The van der Waals surface area contributed by atoms with E-state index in [1.165, 1.54) is 5.12 Å². The maximum Gasteiger partial charge on any atom is 0.0796 e. The summed E-state index contributed by atoms with van der Waals surface area (Å²) in [6, 6.07) is 9.53. The van der Waals surface area contributed by atoms with E-state index < -0.39 is 0 Å². The van der Waals surface area contributed by atoms with Crippen LogP contribution in [0.25, 0.3) is 0 Å². The number of nitrogens with zero attached hydrogens (tertiary/aromatic N) is 3. The molecule has 0 radical (unpaired) electrons. The highest BCUT2D eigenvalue weighted by Crippen LogP contribution is 2.10. The predicted octanol–water partition coefficient (Wildman–Crippen LogP) is 0.868. The minimum absolute atomic E-state index is 0.884. The predicted molar refractivity (Wildman–Crippen MR) is 47.0 cm³/mol. The highest BCUT2D eigenvalue weighted by Gasteiger charge is 1.98. The van der Waals surface area contributed by atoms with Crippen LogP contribution in [0.2, 0.25) is 0 Å². The molecular formula is C7H11N5. The van der Waals surface area contributed by atoms with Crippen LogP contribution in [0.1, 0.15) is 0 Å². The van der Waals surface area contributed by atoms with E-state index in [0.717, 1.165) is 5.69 Å². The van der Waals surface area contributed by atoms with Gasteiger partial charge in [0.2, 0.25) is 0 Å². The Balaban J connectivity index is 2.80. The van der Waals surface area contributed by atoms with Crippen LogP contribution in [0.4, 0.5) is 5.69 Å². The Morgan fingerprint density at radius 3 is 2.50 bits per heavy atom. The first-order valence-corrected chi connectivity index (χ1v) is 3.52. The van der Waals surface area contributed by atoms with E-state index >= 15 is 0 Å². The molecule has 0 unspecified atom stereocenters. The van der Waals surface area contributed by atoms with E-state index in [0.29, 0.717) is 0 Å². The normalized spacial score (nSPS) is 10.4. The molecule has 0 heterocycles. The van der Waals surface area contributed by atoms with Crippen molar-refractivity contribution in [3.05, 3.63) is 30.3 Å². The fraction of sp³-hybridized carbons (Fsp3) is 0.143. The molecule has 5 nitrogen and oxygen atoms in total. The molecule has 12 heavy (non-hydrogen) atoms. The van der Waals surface area contributed by atoms with Gasteiger partial charge in [-0.2, -0.15) is 5.12 Å². The molecule has 0 spiro atoms. The van der Waals surface area contributed by atoms with Crippen LogP contribution in [-0.4, -0.2) is 7.05 Å². The number of anilines is 1. The molecule has 64 valence electrons. The average molecular weight is 165 g/mol. The van der Waals surface area contributed by atoms with Gasteiger partial charge < -0.3 is 5.84 Å². The van der Waals surface area contributed by atoms with E-state index in [1.54, 1.807) is 7.05 Å². The van der Waals surface area contributed by atoms with Gasteiger partial charge in [0.05, 0.1) is 5.69 Å². The van der Waals surface area contributed by atoms with Gasteiger partial charge in [0.1, 0.15) is 0 Å². The average Bonchev–Trinajstić information content (AvgIpc) is 2.15. The summed E-state index contributed by atoms with van der Waals surface area (Å²) in [5.74, 6) is 4.92. The van der Waals surface area contributed by atoms with Crippen molar-refractivity contribution in [2.45, 2.75) is 0 Å². The number of hydrazine groups is 1. The van der Waals surface area contributed by atoms with Crippen LogP contribution >= 0.6 is 0 Å². The van der Waals surface area contributed by atoms with Gasteiger partial charge in [-0.05, 0) is 17.4 Å². The largest absolute Gasteiger partial charge is 0.303 e. The monoisotopic (exact) mass is 165 g/mol. The fourth-order valence-electron chi connectivity index (χ4n) is 0.846. The molecular weight excluding hydrogens is 154 g/mol. The van der Waals surface area contributed by atoms with Gasteiger partial charge in [-0.3, -0.25) is 0 Å². The van der Waals surface area contributed by atoms with Crippen molar-refractivity contribution in [1.82, 2.24) is 5.43 Å². The lowest BCUT2D eigenvalue weighted by molar-refractivity contribution is 0.689. The summed E-state index contributed by atoms with van der Waals surface area (Å²) in [5, 5.41) is 8.28. The molecule has 0 atom stereocenters. The maximum absolute atomic E-state index is 4.92. The van der Waals surface area contributed by atoms with Crippen molar-refractivity contribution >= 4 is 5.69 Å². The summed E-state index contributed by atoms with van der Waals surface area (Å²) < 4.78 is 0. The van der Waals surface area contributed by atoms with Gasteiger partial charge in [-0.1, -0.05) is 23.4 Å². The lowest BCUT2D eigenvalue weighted by atomic mass is 10.3. The third kappa shape index (κ3) is 1.93. The minimum Gasteiger partial charge on any atom is -0.303 e. The number of para-hydroxylation sites is 1. The Bertz CT molecular complexity index is 245. The molecule has 1 aromatic carbocycles. The highest BCUT2D eigenvalue weighted by atomic mass is 15.7. The van der Waals surface area contributed by atoms with Crippen molar-refractivity contribution in [1.29, 1.82) is 0 Å². The summed E-state index contributed by atoms with van der Waals surface area (Å²) in [4.78, 5) is 0. The van der Waals surface area contributed by atoms with Crippen molar-refractivity contribution in [2.24, 2.45) is 16.3 Å². The summed E-state index contributed by atoms with van der Waals surface area (Å²) in [5.41, 5.74) is 3.70. The molecule has 0 aliphatic carbocycles. The van der Waals surface area contributed by atoms with Crippen LogP contribution in [0.5, 0.6) is 0 Å². The maximum atomic E-state index is 4.92. The second kappa shape index (κ2) is 4.30. The molecule has 1 aromatic rings. The van der Waals surface area contributed by atoms with Crippen LogP contribution in [0.3, 0.4) is 0 Å². The number of hydrogen-bond donors (Lipinski definition) is 2. The molecule has 0 aliphatic rings. The van der Waals surface area contributed by atoms with Crippen LogP contribution < -0.4 is 16.4 Å². The highest BCUT2D eigenvalue weighted by molar-refractivity contribution is 5.43. The Morgan fingerprint density at radius 2 is 2.00 bits per heavy atom. The zero-order valence-electron chi connectivity index (χ0n) is 6.81. The topological polar surface area (TPSA) is 66.0 Å². The molecule has 0 saturated heterocycles. The van der Waals surface area contributed by atoms with Crippen molar-refractivity contribution in [2.75, 3.05) is 12.2 Å². The molecule has 5 heteroatoms. The lowest BCUT2D eigenvalue weighted by Gasteiger charge is -2.14. The Labute approximate surface area is 70.8 Å². The molecule has 0 saturated carbocycles. The van der Waals surface area contributed by atoms with Crippen LogP contribution in [0, 0.1) is 0 Å². The van der Waals surface area contributed by atoms with Crippen molar-refractivity contribution < 1.29 is 0 Å². The molecule has 0 bridgehead atoms. The van der Waals surface area contributed by atoms with E-state index in [-0.39, 0.29) is 0 Å². The quantitative estimate of drug-likeness (QED) is 0.396. The summed E-state index contributed by atoms with van der Waals surface area (Å²) in [7, 11) is 1.74. The van der Waals surface area contributed by atoms with Crippen molar-refractivity contribution in [3.8, 4) is 0 Å². The zero-order valence-corrected chi connectivity index (χ0v) is 6.81. The third-order valence-electron chi connectivity index (χ3n) is 1.35. The lowest BCUT2D eigenvalue weighted by Crippen LogP contribution is -2.29. The van der Waals surface area contributed by atoms with E-state index in [2.05, 4.69) is 15.9 Å². The third-order valence-corrected chi connectivity index (χ3v) is 1.35. The fourth-order valence-corrected chi connectivity index (χ4v) is 0.846. The van der Waals surface area contributed by atoms with E-state index in [4.69, 9.17) is 5.84 Å². The smallest absolute Gasteiger partial charge is 0.0796 e. The van der Waals surface area contributed by atoms with Crippen LogP contribution in [-0.2, 0) is 0 Å². The zero-order chi connectivity index (χ0) is 8.81. The number of benzene rings is 1. The summed E-state index contributed by atoms with van der Waals surface area (Å²) >= 11 is 0. The summed E-state index contributed by atoms with van der Waals surface area (Å²) in [6.07, 6.45) is 0. The van der Waals surface area contributed by atoms with Crippen LogP contribution in [0.15, 0.2) is 40.8 Å². The summed E-state index contributed by atoms with van der Waals surface area (Å²) in [6.45, 7) is 0. The second-order valence-electron chi connectivity index (χ2n) is 2.08. The molecule has 0 aliphatic heterocycles. The number of rotatable bonds is 3. The molecule has 0 amide bonds. The van der Waals surface area contributed by atoms with E-state index in [1.807, 2.05) is 30.3 Å². The Morgan fingerprint density at radius 1 is 1.33 bits per heavy atom. The van der Waals surface area contributed by atoms with Gasteiger partial charge in [-0.25, -0.2) is 5.43 Å². The van der Waals surface area contributed by atoms with Gasteiger partial charge in [0.25, 0.3) is 0 Å². The van der Waals surface area contributed by atoms with Gasteiger partial charge in [-0.15, -0.1) is 0 Å².